The zero-order valence-electron chi connectivity index (χ0n) is 14.4. The SMILES string of the molecule is O/N=C(/CCCCCC/C(=N/O)c1ccc(Cl)cc1)c1ccc(Cl)cc1. The molecule has 0 aliphatic carbocycles. The van der Waals surface area contributed by atoms with Gasteiger partial charge in [-0.05, 0) is 61.1 Å². The Balaban J connectivity index is 1.71. The summed E-state index contributed by atoms with van der Waals surface area (Å²) >= 11 is 11.7. The monoisotopic (exact) mass is 392 g/mol. The average Bonchev–Trinajstić information content (AvgIpc) is 2.66. The van der Waals surface area contributed by atoms with Gasteiger partial charge in [0.25, 0.3) is 0 Å². The van der Waals surface area contributed by atoms with E-state index in [1.165, 1.54) is 0 Å². The molecule has 0 saturated heterocycles. The van der Waals surface area contributed by atoms with Crippen molar-refractivity contribution in [2.45, 2.75) is 38.5 Å². The number of nitrogens with zero attached hydrogens (tertiary/aromatic N) is 2. The Bertz CT molecular complexity index is 676. The summed E-state index contributed by atoms with van der Waals surface area (Å²) in [6, 6.07) is 14.6. The molecule has 0 aromatic heterocycles. The van der Waals surface area contributed by atoms with Crippen LogP contribution in [0.3, 0.4) is 0 Å². The summed E-state index contributed by atoms with van der Waals surface area (Å²) in [5.74, 6) is 0. The summed E-state index contributed by atoms with van der Waals surface area (Å²) in [6.45, 7) is 0. The lowest BCUT2D eigenvalue weighted by Crippen LogP contribution is -2.02. The van der Waals surface area contributed by atoms with Crippen molar-refractivity contribution in [1.82, 2.24) is 0 Å². The van der Waals surface area contributed by atoms with Gasteiger partial charge in [-0.25, -0.2) is 0 Å². The van der Waals surface area contributed by atoms with Crippen LogP contribution in [0.5, 0.6) is 0 Å². The predicted molar refractivity (Wildman–Crippen MR) is 107 cm³/mol. The molecule has 2 rings (SSSR count). The van der Waals surface area contributed by atoms with E-state index >= 15 is 0 Å². The highest BCUT2D eigenvalue weighted by Gasteiger charge is 2.06. The van der Waals surface area contributed by atoms with Gasteiger partial charge >= 0.3 is 0 Å². The van der Waals surface area contributed by atoms with E-state index in [0.717, 1.165) is 36.8 Å². The molecule has 0 radical (unpaired) electrons. The van der Waals surface area contributed by atoms with E-state index in [1.54, 1.807) is 24.3 Å². The molecule has 0 aliphatic rings. The van der Waals surface area contributed by atoms with Crippen molar-refractivity contribution in [2.75, 3.05) is 0 Å². The highest BCUT2D eigenvalue weighted by Crippen LogP contribution is 2.16. The first-order valence-corrected chi connectivity index (χ1v) is 9.33. The van der Waals surface area contributed by atoms with Gasteiger partial charge < -0.3 is 10.4 Å². The first-order chi connectivity index (χ1) is 12.6. The quantitative estimate of drug-likeness (QED) is 0.224. The van der Waals surface area contributed by atoms with E-state index in [4.69, 9.17) is 23.2 Å². The topological polar surface area (TPSA) is 65.2 Å². The van der Waals surface area contributed by atoms with Gasteiger partial charge in [0.1, 0.15) is 0 Å². The second-order valence-electron chi connectivity index (χ2n) is 6.02. The lowest BCUT2D eigenvalue weighted by molar-refractivity contribution is 0.317. The summed E-state index contributed by atoms with van der Waals surface area (Å²) in [4.78, 5) is 0. The number of hydrogen-bond acceptors (Lipinski definition) is 4. The van der Waals surface area contributed by atoms with Crippen molar-refractivity contribution in [3.05, 3.63) is 69.7 Å². The summed E-state index contributed by atoms with van der Waals surface area (Å²) in [5.41, 5.74) is 3.10. The highest BCUT2D eigenvalue weighted by atomic mass is 35.5. The van der Waals surface area contributed by atoms with Crippen molar-refractivity contribution < 1.29 is 10.4 Å². The van der Waals surface area contributed by atoms with E-state index in [9.17, 15) is 10.4 Å². The largest absolute Gasteiger partial charge is 0.411 e. The number of hydrogen-bond donors (Lipinski definition) is 2. The Kier molecular flexibility index (Phi) is 8.45. The molecule has 4 nitrogen and oxygen atoms in total. The predicted octanol–water partition coefficient (Wildman–Crippen LogP) is 6.39. The lowest BCUT2D eigenvalue weighted by Gasteiger charge is -2.06. The van der Waals surface area contributed by atoms with Gasteiger partial charge in [0.15, 0.2) is 0 Å². The van der Waals surface area contributed by atoms with Crippen LogP contribution in [0.1, 0.15) is 49.7 Å². The van der Waals surface area contributed by atoms with Crippen LogP contribution in [-0.4, -0.2) is 21.8 Å². The standard InChI is InChI=1S/C20H22Cl2N2O2/c21-17-11-7-15(8-12-17)19(23-25)5-3-1-2-4-6-20(24-26)16-9-13-18(22)14-10-16/h7-14,25-26H,1-6H2/b23-19-,24-20-. The number of oxime groups is 2. The van der Waals surface area contributed by atoms with Crippen LogP contribution < -0.4 is 0 Å². The van der Waals surface area contributed by atoms with Crippen molar-refractivity contribution >= 4 is 34.6 Å². The number of rotatable bonds is 9. The van der Waals surface area contributed by atoms with Gasteiger partial charge in [0, 0.05) is 10.0 Å². The van der Waals surface area contributed by atoms with Gasteiger partial charge in [-0.2, -0.15) is 0 Å². The number of benzene rings is 2. The minimum absolute atomic E-state index is 0.660. The molecule has 0 atom stereocenters. The van der Waals surface area contributed by atoms with Gasteiger partial charge in [-0.1, -0.05) is 70.6 Å². The summed E-state index contributed by atoms with van der Waals surface area (Å²) in [7, 11) is 0. The van der Waals surface area contributed by atoms with Crippen LogP contribution >= 0.6 is 23.2 Å². The fraction of sp³-hybridized carbons (Fsp3) is 0.300. The summed E-state index contributed by atoms with van der Waals surface area (Å²) < 4.78 is 0. The smallest absolute Gasteiger partial charge is 0.0867 e. The molecule has 0 heterocycles. The van der Waals surface area contributed by atoms with Gasteiger partial charge in [0.05, 0.1) is 11.4 Å². The lowest BCUT2D eigenvalue weighted by atomic mass is 10.0. The molecular formula is C20H22Cl2N2O2. The maximum Gasteiger partial charge on any atom is 0.0867 e. The molecule has 26 heavy (non-hydrogen) atoms. The third-order valence-electron chi connectivity index (χ3n) is 4.17. The molecule has 0 amide bonds. The van der Waals surface area contributed by atoms with E-state index in [2.05, 4.69) is 10.3 Å². The van der Waals surface area contributed by atoms with E-state index < -0.39 is 0 Å². The fourth-order valence-corrected chi connectivity index (χ4v) is 2.98. The number of unbranched alkanes of at least 4 members (excludes halogenated alkanes) is 3. The third kappa shape index (κ3) is 6.36. The van der Waals surface area contributed by atoms with E-state index in [-0.39, 0.29) is 0 Å². The van der Waals surface area contributed by atoms with Gasteiger partial charge in [0.2, 0.25) is 0 Å². The maximum absolute atomic E-state index is 9.20. The molecule has 0 unspecified atom stereocenters. The molecule has 0 saturated carbocycles. The molecular weight excluding hydrogens is 371 g/mol. The van der Waals surface area contributed by atoms with Crippen molar-refractivity contribution in [2.24, 2.45) is 10.3 Å². The normalized spacial score (nSPS) is 12.4. The van der Waals surface area contributed by atoms with Crippen LogP contribution in [-0.2, 0) is 0 Å². The van der Waals surface area contributed by atoms with Crippen LogP contribution in [0, 0.1) is 0 Å². The van der Waals surface area contributed by atoms with Crippen molar-refractivity contribution in [3.8, 4) is 0 Å². The molecule has 2 N–H and O–H groups in total. The van der Waals surface area contributed by atoms with E-state index in [0.29, 0.717) is 34.3 Å². The van der Waals surface area contributed by atoms with Crippen LogP contribution in [0.15, 0.2) is 58.8 Å². The Labute approximate surface area is 163 Å². The maximum atomic E-state index is 9.20. The molecule has 6 heteroatoms. The Morgan fingerprint density at radius 3 is 1.27 bits per heavy atom. The molecule has 0 aliphatic heterocycles. The third-order valence-corrected chi connectivity index (χ3v) is 4.68. The average molecular weight is 393 g/mol. The molecule has 0 fully saturated rings. The van der Waals surface area contributed by atoms with Crippen LogP contribution in [0.2, 0.25) is 10.0 Å². The minimum atomic E-state index is 0.660. The first kappa shape index (κ1) is 20.3. The zero-order valence-corrected chi connectivity index (χ0v) is 15.9. The fourth-order valence-electron chi connectivity index (χ4n) is 2.73. The molecule has 0 spiro atoms. The second-order valence-corrected chi connectivity index (χ2v) is 6.89. The Hall–Kier alpha value is -2.04. The van der Waals surface area contributed by atoms with Gasteiger partial charge in [-0.3, -0.25) is 0 Å². The Morgan fingerprint density at radius 1 is 0.615 bits per heavy atom. The Morgan fingerprint density at radius 2 is 0.962 bits per heavy atom. The first-order valence-electron chi connectivity index (χ1n) is 8.58. The summed E-state index contributed by atoms with van der Waals surface area (Å²) in [5, 5.41) is 26.5. The van der Waals surface area contributed by atoms with Crippen molar-refractivity contribution in [1.29, 1.82) is 0 Å². The second kappa shape index (κ2) is 10.8. The zero-order chi connectivity index (χ0) is 18.8. The van der Waals surface area contributed by atoms with Crippen LogP contribution in [0.4, 0.5) is 0 Å². The molecule has 0 bridgehead atoms. The minimum Gasteiger partial charge on any atom is -0.411 e. The van der Waals surface area contributed by atoms with Crippen LogP contribution in [0.25, 0.3) is 0 Å². The number of halogens is 2. The summed E-state index contributed by atoms with van der Waals surface area (Å²) in [6.07, 6.45) is 5.27. The molecule has 2 aromatic carbocycles. The van der Waals surface area contributed by atoms with Crippen molar-refractivity contribution in [3.63, 3.8) is 0 Å². The molecule has 138 valence electrons. The molecule has 2 aromatic rings. The van der Waals surface area contributed by atoms with E-state index in [1.807, 2.05) is 24.3 Å². The highest BCUT2D eigenvalue weighted by molar-refractivity contribution is 6.31. The van der Waals surface area contributed by atoms with Gasteiger partial charge in [-0.15, -0.1) is 0 Å².